The van der Waals surface area contributed by atoms with Crippen molar-refractivity contribution in [2.45, 2.75) is 33.7 Å². The highest BCUT2D eigenvalue weighted by Crippen LogP contribution is 2.24. The Morgan fingerprint density at radius 1 is 1.00 bits per heavy atom. The number of carbonyl (C=O) groups is 3. The fourth-order valence-electron chi connectivity index (χ4n) is 3.66. The Kier molecular flexibility index (Phi) is 6.74. The van der Waals surface area contributed by atoms with E-state index in [-0.39, 0.29) is 18.3 Å². The average molecular weight is 422 g/mol. The first-order chi connectivity index (χ1) is 14.8. The van der Waals surface area contributed by atoms with Gasteiger partial charge in [0.25, 0.3) is 5.91 Å². The lowest BCUT2D eigenvalue weighted by Crippen LogP contribution is -2.31. The van der Waals surface area contributed by atoms with E-state index in [1.165, 1.54) is 0 Å². The van der Waals surface area contributed by atoms with Crippen LogP contribution in [0.15, 0.2) is 42.5 Å². The van der Waals surface area contributed by atoms with Crippen LogP contribution in [0.4, 0.5) is 0 Å². The predicted octanol–water partition coefficient (Wildman–Crippen LogP) is 4.00. The number of aromatic nitrogens is 1. The van der Waals surface area contributed by atoms with E-state index in [0.29, 0.717) is 16.8 Å². The molecule has 0 aliphatic rings. The van der Waals surface area contributed by atoms with Crippen molar-refractivity contribution in [1.29, 1.82) is 0 Å². The van der Waals surface area contributed by atoms with Gasteiger partial charge in [0.2, 0.25) is 0 Å². The van der Waals surface area contributed by atoms with Crippen LogP contribution in [-0.2, 0) is 14.3 Å². The summed E-state index contributed by atoms with van der Waals surface area (Å²) in [5, 5.41) is 5.00. The first kappa shape index (κ1) is 22.1. The Morgan fingerprint density at radius 3 is 2.45 bits per heavy atom. The molecule has 31 heavy (non-hydrogen) atoms. The van der Waals surface area contributed by atoms with Gasteiger partial charge in [-0.1, -0.05) is 42.5 Å². The van der Waals surface area contributed by atoms with Gasteiger partial charge in [-0.3, -0.25) is 4.79 Å². The first-order valence-corrected chi connectivity index (χ1v) is 10.1. The molecule has 0 fully saturated rings. The monoisotopic (exact) mass is 422 g/mol. The number of hydrogen-bond donors (Lipinski definition) is 2. The zero-order valence-corrected chi connectivity index (χ0v) is 18.1. The molecule has 162 valence electrons. The van der Waals surface area contributed by atoms with Crippen LogP contribution in [0.1, 0.15) is 57.6 Å². The Balaban J connectivity index is 1.64. The number of aryl methyl sites for hydroxylation is 1. The molecule has 0 unspecified atom stereocenters. The molecule has 7 nitrogen and oxygen atoms in total. The van der Waals surface area contributed by atoms with Crippen LogP contribution < -0.4 is 5.32 Å². The molecule has 1 amide bonds. The molecule has 7 heteroatoms. The summed E-state index contributed by atoms with van der Waals surface area (Å²) in [4.78, 5) is 39.8. The number of aromatic amines is 1. The third-order valence-electron chi connectivity index (χ3n) is 5.12. The average Bonchev–Trinajstić information content (AvgIpc) is 3.05. The van der Waals surface area contributed by atoms with Gasteiger partial charge in [0, 0.05) is 5.69 Å². The zero-order chi connectivity index (χ0) is 22.5. The molecule has 1 aromatic heterocycles. The largest absolute Gasteiger partial charge is 0.462 e. The summed E-state index contributed by atoms with van der Waals surface area (Å²) in [5.74, 6) is -1.63. The van der Waals surface area contributed by atoms with Crippen molar-refractivity contribution in [3.05, 3.63) is 70.5 Å². The molecule has 0 aliphatic heterocycles. The number of benzene rings is 2. The van der Waals surface area contributed by atoms with Crippen LogP contribution in [0.5, 0.6) is 0 Å². The van der Waals surface area contributed by atoms with Gasteiger partial charge in [-0.25, -0.2) is 9.59 Å². The second kappa shape index (κ2) is 9.47. The number of ether oxygens (including phenoxy) is 2. The van der Waals surface area contributed by atoms with E-state index in [1.54, 1.807) is 20.8 Å². The van der Waals surface area contributed by atoms with Gasteiger partial charge in [-0.05, 0) is 49.6 Å². The quantitative estimate of drug-likeness (QED) is 0.561. The minimum Gasteiger partial charge on any atom is -0.462 e. The molecule has 3 aromatic rings. The number of hydrogen-bond acceptors (Lipinski definition) is 5. The second-order valence-electron chi connectivity index (χ2n) is 7.28. The SMILES string of the molecule is CCOC(=O)c1c(C)[nH]c(C(=O)OCC(=O)N[C@H](C)c2cccc3ccccc23)c1C. The number of carbonyl (C=O) groups excluding carboxylic acids is 3. The van der Waals surface area contributed by atoms with Crippen molar-refractivity contribution in [3.8, 4) is 0 Å². The summed E-state index contributed by atoms with van der Waals surface area (Å²) < 4.78 is 10.2. The fourth-order valence-corrected chi connectivity index (χ4v) is 3.66. The van der Waals surface area contributed by atoms with E-state index in [0.717, 1.165) is 16.3 Å². The van der Waals surface area contributed by atoms with Gasteiger partial charge >= 0.3 is 11.9 Å². The van der Waals surface area contributed by atoms with E-state index >= 15 is 0 Å². The van der Waals surface area contributed by atoms with Crippen LogP contribution in [0.2, 0.25) is 0 Å². The summed E-state index contributed by atoms with van der Waals surface area (Å²) in [5.41, 5.74) is 2.37. The Labute approximate surface area is 180 Å². The van der Waals surface area contributed by atoms with Gasteiger partial charge < -0.3 is 19.8 Å². The summed E-state index contributed by atoms with van der Waals surface area (Å²) in [6.07, 6.45) is 0. The minimum atomic E-state index is -0.705. The maximum atomic E-state index is 12.5. The summed E-state index contributed by atoms with van der Waals surface area (Å²) in [6.45, 7) is 6.70. The maximum Gasteiger partial charge on any atom is 0.355 e. The number of rotatable bonds is 7. The number of nitrogens with one attached hydrogen (secondary N) is 2. The molecule has 0 saturated heterocycles. The van der Waals surface area contributed by atoms with E-state index in [4.69, 9.17) is 9.47 Å². The standard InChI is InChI=1S/C24H26N2O5/c1-5-30-23(28)21-14(2)22(26-16(21)4)24(29)31-13-20(27)25-15(3)18-12-8-10-17-9-6-7-11-19(17)18/h6-12,15,26H,5,13H2,1-4H3,(H,25,27)/t15-/m1/s1. The van der Waals surface area contributed by atoms with Crippen molar-refractivity contribution >= 4 is 28.6 Å². The highest BCUT2D eigenvalue weighted by Gasteiger charge is 2.24. The van der Waals surface area contributed by atoms with E-state index in [1.807, 2.05) is 49.4 Å². The lowest BCUT2D eigenvalue weighted by molar-refractivity contribution is -0.124. The second-order valence-corrected chi connectivity index (χ2v) is 7.28. The third kappa shape index (κ3) is 4.77. The smallest absolute Gasteiger partial charge is 0.355 e. The topological polar surface area (TPSA) is 97.5 Å². The van der Waals surface area contributed by atoms with Gasteiger partial charge in [-0.15, -0.1) is 0 Å². The molecule has 2 N–H and O–H groups in total. The van der Waals surface area contributed by atoms with Crippen molar-refractivity contribution < 1.29 is 23.9 Å². The third-order valence-corrected chi connectivity index (χ3v) is 5.12. The molecule has 0 radical (unpaired) electrons. The van der Waals surface area contributed by atoms with Crippen LogP contribution in [-0.4, -0.2) is 36.0 Å². The Bertz CT molecular complexity index is 1130. The van der Waals surface area contributed by atoms with Crippen molar-refractivity contribution in [3.63, 3.8) is 0 Å². The van der Waals surface area contributed by atoms with Gasteiger partial charge in [0.15, 0.2) is 6.61 Å². The zero-order valence-electron chi connectivity index (χ0n) is 18.1. The summed E-state index contributed by atoms with van der Waals surface area (Å²) in [7, 11) is 0. The lowest BCUT2D eigenvalue weighted by atomic mass is 10.00. The Morgan fingerprint density at radius 2 is 1.71 bits per heavy atom. The first-order valence-electron chi connectivity index (χ1n) is 10.1. The molecular weight excluding hydrogens is 396 g/mol. The molecule has 2 aromatic carbocycles. The molecular formula is C24H26N2O5. The van der Waals surface area contributed by atoms with Crippen molar-refractivity contribution in [1.82, 2.24) is 10.3 Å². The van der Waals surface area contributed by atoms with Gasteiger partial charge in [0.05, 0.1) is 18.2 Å². The highest BCUT2D eigenvalue weighted by molar-refractivity contribution is 5.99. The van der Waals surface area contributed by atoms with Gasteiger partial charge in [-0.2, -0.15) is 0 Å². The highest BCUT2D eigenvalue weighted by atomic mass is 16.5. The Hall–Kier alpha value is -3.61. The minimum absolute atomic E-state index is 0.135. The van der Waals surface area contributed by atoms with Crippen LogP contribution in [0.25, 0.3) is 10.8 Å². The molecule has 1 atom stereocenters. The van der Waals surface area contributed by atoms with Crippen molar-refractivity contribution in [2.75, 3.05) is 13.2 Å². The lowest BCUT2D eigenvalue weighted by Gasteiger charge is -2.16. The molecule has 1 heterocycles. The molecule has 0 bridgehead atoms. The molecule has 0 saturated carbocycles. The van der Waals surface area contributed by atoms with Gasteiger partial charge in [0.1, 0.15) is 5.69 Å². The van der Waals surface area contributed by atoms with E-state index in [9.17, 15) is 14.4 Å². The van der Waals surface area contributed by atoms with E-state index in [2.05, 4.69) is 10.3 Å². The normalized spacial score (nSPS) is 11.7. The fraction of sp³-hybridized carbons (Fsp3) is 0.292. The summed E-state index contributed by atoms with van der Waals surface area (Å²) in [6, 6.07) is 13.6. The molecule has 3 rings (SSSR count). The number of H-pyrrole nitrogens is 1. The van der Waals surface area contributed by atoms with Crippen LogP contribution in [0.3, 0.4) is 0 Å². The maximum absolute atomic E-state index is 12.5. The summed E-state index contributed by atoms with van der Waals surface area (Å²) >= 11 is 0. The molecule has 0 aliphatic carbocycles. The number of fused-ring (bicyclic) bond motifs is 1. The molecule has 0 spiro atoms. The predicted molar refractivity (Wildman–Crippen MR) is 117 cm³/mol. The number of amides is 1. The van der Waals surface area contributed by atoms with Crippen LogP contribution >= 0.6 is 0 Å². The van der Waals surface area contributed by atoms with Crippen LogP contribution in [0, 0.1) is 13.8 Å². The van der Waals surface area contributed by atoms with Crippen molar-refractivity contribution in [2.24, 2.45) is 0 Å². The number of esters is 2. The van der Waals surface area contributed by atoms with E-state index < -0.39 is 24.5 Å².